The molecule has 1 N–H and O–H groups in total. The largest absolute Gasteiger partial charge is 0.496 e. The van der Waals surface area contributed by atoms with Crippen molar-refractivity contribution in [1.29, 1.82) is 5.26 Å². The van der Waals surface area contributed by atoms with Crippen LogP contribution in [0.2, 0.25) is 0 Å². The standard InChI is InChI=1S/C18H14N2O2/c1-11-9-14(15(10-19)18(21)20-11)17-13-6-4-3-5-12(13)7-8-16(17)22-2/h3-9H,1-2H3,(H,20,21). The summed E-state index contributed by atoms with van der Waals surface area (Å²) in [5, 5.41) is 11.4. The summed E-state index contributed by atoms with van der Waals surface area (Å²) in [6.45, 7) is 1.80. The molecule has 1 heterocycles. The van der Waals surface area contributed by atoms with E-state index in [1.807, 2.05) is 48.5 Å². The number of hydrogen-bond donors (Lipinski definition) is 1. The molecule has 0 aliphatic rings. The topological polar surface area (TPSA) is 65.9 Å². The maximum absolute atomic E-state index is 12.1. The van der Waals surface area contributed by atoms with E-state index in [9.17, 15) is 10.1 Å². The van der Waals surface area contributed by atoms with Gasteiger partial charge in [-0.15, -0.1) is 0 Å². The minimum atomic E-state index is -0.382. The average Bonchev–Trinajstić information content (AvgIpc) is 2.53. The number of aromatic nitrogens is 1. The van der Waals surface area contributed by atoms with Crippen molar-refractivity contribution in [1.82, 2.24) is 4.98 Å². The number of ether oxygens (including phenoxy) is 1. The number of nitrogens with zero attached hydrogens (tertiary/aromatic N) is 1. The zero-order chi connectivity index (χ0) is 15.7. The van der Waals surface area contributed by atoms with Gasteiger partial charge in [0.15, 0.2) is 0 Å². The van der Waals surface area contributed by atoms with Crippen LogP contribution >= 0.6 is 0 Å². The Morgan fingerprint density at radius 2 is 1.95 bits per heavy atom. The summed E-state index contributed by atoms with van der Waals surface area (Å²) >= 11 is 0. The highest BCUT2D eigenvalue weighted by Gasteiger charge is 2.17. The molecule has 0 spiro atoms. The maximum atomic E-state index is 12.1. The van der Waals surface area contributed by atoms with Gasteiger partial charge in [0.1, 0.15) is 17.4 Å². The number of methoxy groups -OCH3 is 1. The summed E-state index contributed by atoms with van der Waals surface area (Å²) in [6, 6.07) is 15.5. The molecule has 0 bridgehead atoms. The van der Waals surface area contributed by atoms with E-state index >= 15 is 0 Å². The van der Waals surface area contributed by atoms with E-state index in [-0.39, 0.29) is 11.1 Å². The first-order chi connectivity index (χ1) is 10.7. The highest BCUT2D eigenvalue weighted by molar-refractivity contribution is 6.00. The van der Waals surface area contributed by atoms with Gasteiger partial charge in [0, 0.05) is 16.8 Å². The summed E-state index contributed by atoms with van der Waals surface area (Å²) in [5.41, 5.74) is 1.78. The fourth-order valence-electron chi connectivity index (χ4n) is 2.70. The van der Waals surface area contributed by atoms with Crippen molar-refractivity contribution in [2.24, 2.45) is 0 Å². The molecule has 0 unspecified atom stereocenters. The van der Waals surface area contributed by atoms with Gasteiger partial charge in [0.05, 0.1) is 7.11 Å². The van der Waals surface area contributed by atoms with Crippen LogP contribution in [0.25, 0.3) is 21.9 Å². The Morgan fingerprint density at radius 3 is 2.68 bits per heavy atom. The monoisotopic (exact) mass is 290 g/mol. The second-order valence-electron chi connectivity index (χ2n) is 5.05. The first kappa shape index (κ1) is 13.9. The zero-order valence-corrected chi connectivity index (χ0v) is 12.3. The van der Waals surface area contributed by atoms with Crippen LogP contribution in [0.15, 0.2) is 47.3 Å². The lowest BCUT2D eigenvalue weighted by atomic mass is 9.94. The van der Waals surface area contributed by atoms with Crippen molar-refractivity contribution in [3.63, 3.8) is 0 Å². The van der Waals surface area contributed by atoms with Crippen molar-refractivity contribution in [3.05, 3.63) is 64.1 Å². The molecular formula is C18H14N2O2. The number of aryl methyl sites for hydroxylation is 1. The number of nitrogens with one attached hydrogen (secondary N) is 1. The molecule has 3 rings (SSSR count). The van der Waals surface area contributed by atoms with Gasteiger partial charge in [-0.05, 0) is 29.8 Å². The maximum Gasteiger partial charge on any atom is 0.266 e. The zero-order valence-electron chi connectivity index (χ0n) is 12.3. The van der Waals surface area contributed by atoms with Gasteiger partial charge in [-0.1, -0.05) is 30.3 Å². The van der Waals surface area contributed by atoms with Crippen LogP contribution in [0.3, 0.4) is 0 Å². The lowest BCUT2D eigenvalue weighted by molar-refractivity contribution is 0.417. The molecule has 0 amide bonds. The van der Waals surface area contributed by atoms with Crippen molar-refractivity contribution in [2.75, 3.05) is 7.11 Å². The third kappa shape index (κ3) is 2.13. The predicted molar refractivity (Wildman–Crippen MR) is 86.0 cm³/mol. The lowest BCUT2D eigenvalue weighted by Gasteiger charge is -2.13. The Kier molecular flexibility index (Phi) is 3.40. The van der Waals surface area contributed by atoms with Crippen LogP contribution in [-0.2, 0) is 0 Å². The highest BCUT2D eigenvalue weighted by Crippen LogP contribution is 2.37. The predicted octanol–water partition coefficient (Wildman–Crippen LogP) is 3.38. The quantitative estimate of drug-likeness (QED) is 0.786. The average molecular weight is 290 g/mol. The Balaban J connectivity index is 2.50. The van der Waals surface area contributed by atoms with Crippen LogP contribution in [0.4, 0.5) is 0 Å². The molecular weight excluding hydrogens is 276 g/mol. The van der Waals surface area contributed by atoms with Crippen molar-refractivity contribution >= 4 is 10.8 Å². The number of aromatic amines is 1. The molecule has 0 aliphatic carbocycles. The van der Waals surface area contributed by atoms with Gasteiger partial charge in [-0.25, -0.2) is 0 Å². The van der Waals surface area contributed by atoms with E-state index in [2.05, 4.69) is 4.98 Å². The molecule has 0 radical (unpaired) electrons. The van der Waals surface area contributed by atoms with Crippen molar-refractivity contribution in [2.45, 2.75) is 6.92 Å². The van der Waals surface area contributed by atoms with Crippen LogP contribution in [-0.4, -0.2) is 12.1 Å². The molecule has 2 aromatic carbocycles. The molecule has 0 saturated heterocycles. The van der Waals surface area contributed by atoms with Gasteiger partial charge in [-0.2, -0.15) is 5.26 Å². The van der Waals surface area contributed by atoms with Gasteiger partial charge in [0.2, 0.25) is 0 Å². The minimum absolute atomic E-state index is 0.0975. The number of rotatable bonds is 2. The van der Waals surface area contributed by atoms with E-state index in [1.165, 1.54) is 0 Å². The molecule has 4 nitrogen and oxygen atoms in total. The third-order valence-electron chi connectivity index (χ3n) is 3.66. The number of nitriles is 1. The van der Waals surface area contributed by atoms with E-state index in [4.69, 9.17) is 4.74 Å². The molecule has 1 aromatic heterocycles. The molecule has 4 heteroatoms. The molecule has 0 aliphatic heterocycles. The fraction of sp³-hybridized carbons (Fsp3) is 0.111. The van der Waals surface area contributed by atoms with Gasteiger partial charge < -0.3 is 9.72 Å². The first-order valence-corrected chi connectivity index (χ1v) is 6.86. The Hall–Kier alpha value is -3.06. The van der Waals surface area contributed by atoms with Gasteiger partial charge in [0.25, 0.3) is 5.56 Å². The summed E-state index contributed by atoms with van der Waals surface area (Å²) in [4.78, 5) is 14.7. The highest BCUT2D eigenvalue weighted by atomic mass is 16.5. The summed E-state index contributed by atoms with van der Waals surface area (Å²) < 4.78 is 5.47. The molecule has 3 aromatic rings. The molecule has 0 saturated carbocycles. The second kappa shape index (κ2) is 5.38. The van der Waals surface area contributed by atoms with E-state index in [0.717, 1.165) is 16.3 Å². The fourth-order valence-corrected chi connectivity index (χ4v) is 2.70. The van der Waals surface area contributed by atoms with Crippen LogP contribution in [0.5, 0.6) is 5.75 Å². The van der Waals surface area contributed by atoms with Gasteiger partial charge in [-0.3, -0.25) is 4.79 Å². The molecule has 108 valence electrons. The second-order valence-corrected chi connectivity index (χ2v) is 5.05. The van der Waals surface area contributed by atoms with Gasteiger partial charge >= 0.3 is 0 Å². The number of fused-ring (bicyclic) bond motifs is 1. The van der Waals surface area contributed by atoms with Crippen LogP contribution in [0, 0.1) is 18.3 Å². The Morgan fingerprint density at radius 1 is 1.18 bits per heavy atom. The number of pyridine rings is 1. The third-order valence-corrected chi connectivity index (χ3v) is 3.66. The first-order valence-electron chi connectivity index (χ1n) is 6.86. The molecule has 0 fully saturated rings. The van der Waals surface area contributed by atoms with E-state index in [0.29, 0.717) is 17.0 Å². The Bertz CT molecular complexity index is 965. The SMILES string of the molecule is COc1ccc2ccccc2c1-c1cc(C)[nH]c(=O)c1C#N. The molecule has 22 heavy (non-hydrogen) atoms. The summed E-state index contributed by atoms with van der Waals surface area (Å²) in [5.74, 6) is 0.639. The lowest BCUT2D eigenvalue weighted by Crippen LogP contribution is -2.13. The number of H-pyrrole nitrogens is 1. The normalized spacial score (nSPS) is 10.4. The summed E-state index contributed by atoms with van der Waals surface area (Å²) in [7, 11) is 1.58. The minimum Gasteiger partial charge on any atom is -0.496 e. The van der Waals surface area contributed by atoms with Crippen LogP contribution in [0.1, 0.15) is 11.3 Å². The smallest absolute Gasteiger partial charge is 0.266 e. The van der Waals surface area contributed by atoms with E-state index in [1.54, 1.807) is 14.0 Å². The number of benzene rings is 2. The van der Waals surface area contributed by atoms with E-state index < -0.39 is 0 Å². The van der Waals surface area contributed by atoms with Crippen LogP contribution < -0.4 is 10.3 Å². The van der Waals surface area contributed by atoms with Crippen molar-refractivity contribution < 1.29 is 4.74 Å². The Labute approximate surface area is 127 Å². The molecule has 0 atom stereocenters. The number of hydrogen-bond acceptors (Lipinski definition) is 3. The van der Waals surface area contributed by atoms with Crippen molar-refractivity contribution in [3.8, 4) is 22.9 Å². The summed E-state index contributed by atoms with van der Waals surface area (Å²) in [6.07, 6.45) is 0.